The summed E-state index contributed by atoms with van der Waals surface area (Å²) in [4.78, 5) is 12.5. The van der Waals surface area contributed by atoms with E-state index in [1.54, 1.807) is 17.5 Å². The van der Waals surface area contributed by atoms with E-state index in [4.69, 9.17) is 0 Å². The third-order valence-electron chi connectivity index (χ3n) is 3.42. The van der Waals surface area contributed by atoms with Crippen molar-refractivity contribution in [3.05, 3.63) is 42.2 Å². The molecular weight excluding hydrogens is 282 g/mol. The number of benzene rings is 1. The lowest BCUT2D eigenvalue weighted by Gasteiger charge is -2.17. The van der Waals surface area contributed by atoms with Gasteiger partial charge in [0.15, 0.2) is 11.5 Å². The van der Waals surface area contributed by atoms with E-state index >= 15 is 0 Å². The molecule has 112 valence electrons. The minimum Gasteiger partial charge on any atom is -0.465 e. The number of fused-ring (bicyclic) bond motifs is 1. The second-order valence-electron chi connectivity index (χ2n) is 4.81. The first-order valence-corrected chi connectivity index (χ1v) is 6.90. The molecule has 3 rings (SSSR count). The molecule has 1 N–H and O–H groups in total. The van der Waals surface area contributed by atoms with Crippen molar-refractivity contribution in [3.63, 3.8) is 0 Å². The van der Waals surface area contributed by atoms with E-state index in [0.717, 1.165) is 11.3 Å². The van der Waals surface area contributed by atoms with Crippen molar-refractivity contribution in [2.75, 3.05) is 11.4 Å². The lowest BCUT2D eigenvalue weighted by Crippen LogP contribution is -2.28. The Morgan fingerprint density at radius 3 is 2.82 bits per heavy atom. The normalized spacial score (nSPS) is 10.8. The van der Waals surface area contributed by atoms with Crippen LogP contribution >= 0.6 is 0 Å². The lowest BCUT2D eigenvalue weighted by molar-refractivity contribution is 0.202. The summed E-state index contributed by atoms with van der Waals surface area (Å²) < 4.78 is 1.66. The predicted octanol–water partition coefficient (Wildman–Crippen LogP) is 2.60. The van der Waals surface area contributed by atoms with Gasteiger partial charge in [-0.1, -0.05) is 12.1 Å². The van der Waals surface area contributed by atoms with E-state index in [-0.39, 0.29) is 0 Å². The molecular formula is C15H15N5O2. The molecule has 0 atom stereocenters. The van der Waals surface area contributed by atoms with Gasteiger partial charge >= 0.3 is 6.09 Å². The number of amides is 1. The van der Waals surface area contributed by atoms with E-state index in [0.29, 0.717) is 23.7 Å². The van der Waals surface area contributed by atoms with Gasteiger partial charge in [-0.15, -0.1) is 10.2 Å². The quantitative estimate of drug-likeness (QED) is 0.803. The number of aromatic nitrogens is 4. The van der Waals surface area contributed by atoms with E-state index in [1.165, 1.54) is 4.90 Å². The van der Waals surface area contributed by atoms with Crippen LogP contribution in [0.4, 0.5) is 10.5 Å². The highest BCUT2D eigenvalue weighted by molar-refractivity contribution is 5.87. The van der Waals surface area contributed by atoms with Gasteiger partial charge in [0, 0.05) is 17.8 Å². The number of rotatable bonds is 3. The number of hydrogen-bond acceptors (Lipinski definition) is 4. The first-order valence-electron chi connectivity index (χ1n) is 6.90. The number of hydrogen-bond donors (Lipinski definition) is 1. The molecule has 0 aliphatic heterocycles. The number of carbonyl (C=O) groups is 1. The van der Waals surface area contributed by atoms with Crippen molar-refractivity contribution in [3.8, 4) is 11.3 Å². The van der Waals surface area contributed by atoms with Crippen molar-refractivity contribution in [1.29, 1.82) is 0 Å². The minimum absolute atomic E-state index is 0.385. The Bertz CT molecular complexity index is 843. The SMILES string of the molecule is CCN(C(=O)O)c1cccc(-c2ccc3nnc(C)n3n2)c1. The first kappa shape index (κ1) is 14.0. The predicted molar refractivity (Wildman–Crippen MR) is 82.0 cm³/mol. The zero-order valence-electron chi connectivity index (χ0n) is 12.3. The molecule has 2 aromatic heterocycles. The molecule has 0 radical (unpaired) electrons. The minimum atomic E-state index is -0.974. The van der Waals surface area contributed by atoms with Crippen LogP contribution < -0.4 is 4.90 Å². The summed E-state index contributed by atoms with van der Waals surface area (Å²) >= 11 is 0. The Balaban J connectivity index is 2.06. The van der Waals surface area contributed by atoms with Crippen LogP contribution in [0.5, 0.6) is 0 Å². The zero-order chi connectivity index (χ0) is 15.7. The maximum atomic E-state index is 11.3. The standard InChI is InChI=1S/C15H15N5O2/c1-3-19(15(21)22)12-6-4-5-11(9-12)13-7-8-14-17-16-10(2)20(14)18-13/h4-9H,3H2,1-2H3,(H,21,22). The average molecular weight is 297 g/mol. The van der Waals surface area contributed by atoms with Crippen molar-refractivity contribution in [2.24, 2.45) is 0 Å². The third kappa shape index (κ3) is 2.37. The smallest absolute Gasteiger partial charge is 0.411 e. The molecule has 0 aliphatic carbocycles. The average Bonchev–Trinajstić information content (AvgIpc) is 2.89. The Hall–Kier alpha value is -2.96. The highest BCUT2D eigenvalue weighted by Crippen LogP contribution is 2.23. The summed E-state index contributed by atoms with van der Waals surface area (Å²) in [6, 6.07) is 11.0. The summed E-state index contributed by atoms with van der Waals surface area (Å²) in [7, 11) is 0. The van der Waals surface area contributed by atoms with E-state index in [2.05, 4.69) is 15.3 Å². The van der Waals surface area contributed by atoms with Gasteiger partial charge in [-0.2, -0.15) is 9.61 Å². The second kappa shape index (κ2) is 5.44. The molecule has 3 aromatic rings. The summed E-state index contributed by atoms with van der Waals surface area (Å²) in [5.41, 5.74) is 2.87. The number of aryl methyl sites for hydroxylation is 1. The van der Waals surface area contributed by atoms with Crippen molar-refractivity contribution in [1.82, 2.24) is 19.8 Å². The fourth-order valence-corrected chi connectivity index (χ4v) is 2.31. The third-order valence-corrected chi connectivity index (χ3v) is 3.42. The summed E-state index contributed by atoms with van der Waals surface area (Å²) in [5, 5.41) is 21.7. The maximum Gasteiger partial charge on any atom is 0.411 e. The number of anilines is 1. The molecule has 0 spiro atoms. The monoisotopic (exact) mass is 297 g/mol. The van der Waals surface area contributed by atoms with Crippen LogP contribution in [0.25, 0.3) is 16.9 Å². The number of nitrogens with zero attached hydrogens (tertiary/aromatic N) is 5. The summed E-state index contributed by atoms with van der Waals surface area (Å²) in [5.74, 6) is 0.703. The van der Waals surface area contributed by atoms with Crippen LogP contribution in [0.1, 0.15) is 12.7 Å². The largest absolute Gasteiger partial charge is 0.465 e. The van der Waals surface area contributed by atoms with E-state index in [9.17, 15) is 9.90 Å². The van der Waals surface area contributed by atoms with E-state index < -0.39 is 6.09 Å². The highest BCUT2D eigenvalue weighted by atomic mass is 16.4. The summed E-state index contributed by atoms with van der Waals surface area (Å²) in [6.45, 7) is 4.01. The molecule has 0 bridgehead atoms. The van der Waals surface area contributed by atoms with Gasteiger partial charge in [-0.25, -0.2) is 4.79 Å². The van der Waals surface area contributed by atoms with Gasteiger partial charge in [0.1, 0.15) is 0 Å². The molecule has 7 nitrogen and oxygen atoms in total. The fraction of sp³-hybridized carbons (Fsp3) is 0.200. The van der Waals surface area contributed by atoms with Crippen molar-refractivity contribution in [2.45, 2.75) is 13.8 Å². The van der Waals surface area contributed by atoms with Crippen LogP contribution in [-0.2, 0) is 0 Å². The molecule has 1 aromatic carbocycles. The zero-order valence-corrected chi connectivity index (χ0v) is 12.3. The van der Waals surface area contributed by atoms with Crippen LogP contribution in [0.15, 0.2) is 36.4 Å². The molecule has 0 unspecified atom stereocenters. The Labute approximate surface area is 126 Å². The van der Waals surface area contributed by atoms with Crippen LogP contribution in [-0.4, -0.2) is 37.6 Å². The second-order valence-corrected chi connectivity index (χ2v) is 4.81. The lowest BCUT2D eigenvalue weighted by atomic mass is 10.1. The molecule has 0 saturated carbocycles. The Morgan fingerprint density at radius 2 is 2.09 bits per heavy atom. The van der Waals surface area contributed by atoms with Gasteiger partial charge in [0.25, 0.3) is 0 Å². The van der Waals surface area contributed by atoms with Gasteiger partial charge in [0.05, 0.1) is 5.69 Å². The van der Waals surface area contributed by atoms with Gasteiger partial charge in [-0.3, -0.25) is 4.90 Å². The van der Waals surface area contributed by atoms with Crippen molar-refractivity contribution < 1.29 is 9.90 Å². The molecule has 0 saturated heterocycles. The van der Waals surface area contributed by atoms with Gasteiger partial charge in [0.2, 0.25) is 0 Å². The summed E-state index contributed by atoms with van der Waals surface area (Å²) in [6.07, 6.45) is -0.974. The molecule has 1 amide bonds. The number of carboxylic acid groups (broad SMARTS) is 1. The van der Waals surface area contributed by atoms with Gasteiger partial charge < -0.3 is 5.11 Å². The molecule has 0 aliphatic rings. The van der Waals surface area contributed by atoms with Crippen LogP contribution in [0, 0.1) is 6.92 Å². The fourth-order valence-electron chi connectivity index (χ4n) is 2.31. The Morgan fingerprint density at radius 1 is 1.27 bits per heavy atom. The van der Waals surface area contributed by atoms with Gasteiger partial charge in [-0.05, 0) is 38.1 Å². The topological polar surface area (TPSA) is 83.6 Å². The molecule has 0 fully saturated rings. The molecule has 7 heteroatoms. The first-order chi connectivity index (χ1) is 10.6. The Kier molecular flexibility index (Phi) is 3.46. The molecule has 2 heterocycles. The molecule has 22 heavy (non-hydrogen) atoms. The highest BCUT2D eigenvalue weighted by Gasteiger charge is 2.13. The van der Waals surface area contributed by atoms with Crippen molar-refractivity contribution >= 4 is 17.4 Å². The maximum absolute atomic E-state index is 11.3. The van der Waals surface area contributed by atoms with E-state index in [1.807, 2.05) is 37.3 Å². The van der Waals surface area contributed by atoms with Crippen LogP contribution in [0.3, 0.4) is 0 Å². The van der Waals surface area contributed by atoms with Crippen LogP contribution in [0.2, 0.25) is 0 Å².